The van der Waals surface area contributed by atoms with Crippen LogP contribution in [0.15, 0.2) is 40.6 Å². The number of esters is 1. The summed E-state index contributed by atoms with van der Waals surface area (Å²) in [4.78, 5) is 25.1. The summed E-state index contributed by atoms with van der Waals surface area (Å²) in [7, 11) is -2.76. The van der Waals surface area contributed by atoms with Crippen LogP contribution in [0.4, 0.5) is 11.4 Å². The van der Waals surface area contributed by atoms with Crippen molar-refractivity contribution in [3.8, 4) is 0 Å². The zero-order chi connectivity index (χ0) is 18.0. The van der Waals surface area contributed by atoms with E-state index in [0.29, 0.717) is 24.3 Å². The monoisotopic (exact) mass is 380 g/mol. The van der Waals surface area contributed by atoms with Crippen molar-refractivity contribution in [2.45, 2.75) is 17.7 Å². The number of ether oxygens (including phenoxy) is 1. The van der Waals surface area contributed by atoms with Gasteiger partial charge in [0.2, 0.25) is 5.91 Å². The number of hydrogen-bond acceptors (Lipinski definition) is 6. The highest BCUT2D eigenvalue weighted by Crippen LogP contribution is 2.28. The van der Waals surface area contributed by atoms with Crippen LogP contribution >= 0.6 is 11.3 Å². The summed E-state index contributed by atoms with van der Waals surface area (Å²) in [6.07, 6.45) is 1.28. The van der Waals surface area contributed by atoms with Crippen molar-refractivity contribution in [1.82, 2.24) is 0 Å². The lowest BCUT2D eigenvalue weighted by atomic mass is 10.2. The maximum Gasteiger partial charge on any atom is 0.349 e. The number of amides is 1. The SMILES string of the molecule is COC(=O)c1sccc1S(=O)(=O)Nc1cccc(N2CCCC2=O)c1. The summed E-state index contributed by atoms with van der Waals surface area (Å²) in [5.41, 5.74) is 0.959. The lowest BCUT2D eigenvalue weighted by Crippen LogP contribution is -2.23. The molecule has 0 radical (unpaired) electrons. The van der Waals surface area contributed by atoms with Crippen molar-refractivity contribution in [2.75, 3.05) is 23.3 Å². The summed E-state index contributed by atoms with van der Waals surface area (Å²) >= 11 is 0.997. The molecule has 0 aliphatic carbocycles. The molecule has 2 aromatic rings. The Hall–Kier alpha value is -2.39. The summed E-state index contributed by atoms with van der Waals surface area (Å²) in [6, 6.07) is 7.98. The molecule has 25 heavy (non-hydrogen) atoms. The van der Waals surface area contributed by atoms with Crippen LogP contribution in [0.25, 0.3) is 0 Å². The molecule has 3 rings (SSSR count). The maximum atomic E-state index is 12.6. The molecule has 132 valence electrons. The summed E-state index contributed by atoms with van der Waals surface area (Å²) in [5.74, 6) is -0.683. The average molecular weight is 380 g/mol. The Labute approximate surface area is 149 Å². The summed E-state index contributed by atoms with van der Waals surface area (Å²) in [5, 5.41) is 1.51. The Kier molecular flexibility index (Phi) is 4.78. The number of rotatable bonds is 5. The predicted molar refractivity (Wildman–Crippen MR) is 94.5 cm³/mol. The molecule has 1 aromatic carbocycles. The lowest BCUT2D eigenvalue weighted by Gasteiger charge is -2.17. The van der Waals surface area contributed by atoms with E-state index in [-0.39, 0.29) is 15.7 Å². The van der Waals surface area contributed by atoms with Gasteiger partial charge in [0.15, 0.2) is 0 Å². The third-order valence-corrected chi connectivity index (χ3v) is 6.22. The van der Waals surface area contributed by atoms with Gasteiger partial charge >= 0.3 is 5.97 Å². The highest BCUT2D eigenvalue weighted by atomic mass is 32.2. The molecule has 1 fully saturated rings. The van der Waals surface area contributed by atoms with Gasteiger partial charge < -0.3 is 9.64 Å². The van der Waals surface area contributed by atoms with Gasteiger partial charge in [-0.05, 0) is 36.1 Å². The number of nitrogens with one attached hydrogen (secondary N) is 1. The van der Waals surface area contributed by atoms with Crippen LogP contribution in [-0.4, -0.2) is 33.9 Å². The molecular weight excluding hydrogens is 364 g/mol. The second kappa shape index (κ2) is 6.85. The molecule has 0 spiro atoms. The maximum absolute atomic E-state index is 12.6. The first-order valence-corrected chi connectivity index (χ1v) is 9.88. The normalized spacial score (nSPS) is 14.6. The van der Waals surface area contributed by atoms with Gasteiger partial charge in [-0.25, -0.2) is 13.2 Å². The minimum atomic E-state index is -3.95. The lowest BCUT2D eigenvalue weighted by molar-refractivity contribution is -0.117. The van der Waals surface area contributed by atoms with Gasteiger partial charge in [0.25, 0.3) is 10.0 Å². The molecule has 1 saturated heterocycles. The van der Waals surface area contributed by atoms with Gasteiger partial charge in [-0.2, -0.15) is 0 Å². The van der Waals surface area contributed by atoms with Crippen LogP contribution in [0.3, 0.4) is 0 Å². The Balaban J connectivity index is 1.88. The number of carbonyl (C=O) groups is 2. The third-order valence-electron chi connectivity index (χ3n) is 3.77. The highest BCUT2D eigenvalue weighted by Gasteiger charge is 2.26. The quantitative estimate of drug-likeness (QED) is 0.805. The first-order chi connectivity index (χ1) is 11.9. The Morgan fingerprint density at radius 2 is 2.12 bits per heavy atom. The van der Waals surface area contributed by atoms with E-state index in [4.69, 9.17) is 0 Å². The van der Waals surface area contributed by atoms with Crippen molar-refractivity contribution < 1.29 is 22.7 Å². The fourth-order valence-electron chi connectivity index (χ4n) is 2.62. The second-order valence-corrected chi connectivity index (χ2v) is 7.98. The first-order valence-electron chi connectivity index (χ1n) is 7.51. The molecule has 9 heteroatoms. The molecule has 0 atom stereocenters. The first kappa shape index (κ1) is 17.4. The molecular formula is C16H16N2O5S2. The number of benzene rings is 1. The zero-order valence-electron chi connectivity index (χ0n) is 13.4. The largest absolute Gasteiger partial charge is 0.465 e. The zero-order valence-corrected chi connectivity index (χ0v) is 15.0. The standard InChI is InChI=1S/C16H16N2O5S2/c1-23-16(20)15-13(7-9-24-15)25(21,22)17-11-4-2-5-12(10-11)18-8-3-6-14(18)19/h2,4-5,7,9-10,17H,3,6,8H2,1H3. The van der Waals surface area contributed by atoms with E-state index in [9.17, 15) is 18.0 Å². The van der Waals surface area contributed by atoms with Crippen LogP contribution in [-0.2, 0) is 19.6 Å². The van der Waals surface area contributed by atoms with Crippen molar-refractivity contribution in [2.24, 2.45) is 0 Å². The highest BCUT2D eigenvalue weighted by molar-refractivity contribution is 7.93. The number of carbonyl (C=O) groups excluding carboxylic acids is 2. The van der Waals surface area contributed by atoms with E-state index in [2.05, 4.69) is 9.46 Å². The number of thiophene rings is 1. The topological polar surface area (TPSA) is 92.8 Å². The fourth-order valence-corrected chi connectivity index (χ4v) is 5.00. The van der Waals surface area contributed by atoms with E-state index in [0.717, 1.165) is 17.8 Å². The number of sulfonamides is 1. The van der Waals surface area contributed by atoms with Crippen LogP contribution in [0.1, 0.15) is 22.5 Å². The van der Waals surface area contributed by atoms with Crippen molar-refractivity contribution >= 4 is 44.6 Å². The minimum absolute atomic E-state index is 0.0147. The van der Waals surface area contributed by atoms with Crippen LogP contribution < -0.4 is 9.62 Å². The number of hydrogen-bond donors (Lipinski definition) is 1. The molecule has 1 aliphatic heterocycles. The van der Waals surface area contributed by atoms with Crippen LogP contribution in [0, 0.1) is 0 Å². The van der Waals surface area contributed by atoms with Crippen LogP contribution in [0.2, 0.25) is 0 Å². The molecule has 7 nitrogen and oxygen atoms in total. The summed E-state index contributed by atoms with van der Waals surface area (Å²) < 4.78 is 32.3. The third kappa shape index (κ3) is 3.52. The number of methoxy groups -OCH3 is 1. The van der Waals surface area contributed by atoms with Crippen molar-refractivity contribution in [3.63, 3.8) is 0 Å². The van der Waals surface area contributed by atoms with E-state index in [1.54, 1.807) is 29.2 Å². The van der Waals surface area contributed by atoms with E-state index >= 15 is 0 Å². The van der Waals surface area contributed by atoms with Gasteiger partial charge in [-0.1, -0.05) is 6.07 Å². The molecule has 1 aliphatic rings. The van der Waals surface area contributed by atoms with Gasteiger partial charge in [-0.3, -0.25) is 9.52 Å². The molecule has 2 heterocycles. The molecule has 0 bridgehead atoms. The molecule has 1 aromatic heterocycles. The number of nitrogens with zero attached hydrogens (tertiary/aromatic N) is 1. The molecule has 0 unspecified atom stereocenters. The molecule has 1 amide bonds. The number of anilines is 2. The van der Waals surface area contributed by atoms with Gasteiger partial charge in [0.05, 0.1) is 12.8 Å². The Morgan fingerprint density at radius 3 is 2.80 bits per heavy atom. The smallest absolute Gasteiger partial charge is 0.349 e. The predicted octanol–water partition coefficient (Wildman–Crippen LogP) is 2.46. The summed E-state index contributed by atoms with van der Waals surface area (Å²) in [6.45, 7) is 0.617. The average Bonchev–Trinajstić information content (AvgIpc) is 3.23. The van der Waals surface area contributed by atoms with Crippen molar-refractivity contribution in [3.05, 3.63) is 40.6 Å². The minimum Gasteiger partial charge on any atom is -0.465 e. The van der Waals surface area contributed by atoms with Gasteiger partial charge in [0, 0.05) is 18.7 Å². The Morgan fingerprint density at radius 1 is 1.32 bits per heavy atom. The van der Waals surface area contributed by atoms with E-state index in [1.165, 1.54) is 18.6 Å². The van der Waals surface area contributed by atoms with E-state index < -0.39 is 16.0 Å². The second-order valence-electron chi connectivity index (χ2n) is 5.41. The Bertz CT molecular complexity index is 920. The van der Waals surface area contributed by atoms with Crippen molar-refractivity contribution in [1.29, 1.82) is 0 Å². The van der Waals surface area contributed by atoms with Crippen LogP contribution in [0.5, 0.6) is 0 Å². The van der Waals surface area contributed by atoms with E-state index in [1.807, 2.05) is 0 Å². The molecule has 0 saturated carbocycles. The molecule has 1 N–H and O–H groups in total. The fraction of sp³-hybridized carbons (Fsp3) is 0.250. The van der Waals surface area contributed by atoms with Gasteiger partial charge in [0.1, 0.15) is 9.77 Å². The van der Waals surface area contributed by atoms with Gasteiger partial charge in [-0.15, -0.1) is 11.3 Å².